The van der Waals surface area contributed by atoms with Crippen LogP contribution in [0.5, 0.6) is 0 Å². The van der Waals surface area contributed by atoms with Gasteiger partial charge in [0, 0.05) is 32.4 Å². The number of pyridine rings is 1. The van der Waals surface area contributed by atoms with Crippen molar-refractivity contribution in [2.75, 3.05) is 25.0 Å². The van der Waals surface area contributed by atoms with Crippen LogP contribution in [0.4, 0.5) is 16.2 Å². The van der Waals surface area contributed by atoms with Crippen LogP contribution in [-0.2, 0) is 22.3 Å². The van der Waals surface area contributed by atoms with Gasteiger partial charge in [-0.25, -0.2) is 18.3 Å². The van der Waals surface area contributed by atoms with Gasteiger partial charge in [0.05, 0.1) is 34.3 Å². The summed E-state index contributed by atoms with van der Waals surface area (Å²) in [5.74, 6) is 0.400. The predicted molar refractivity (Wildman–Crippen MR) is 159 cm³/mol. The summed E-state index contributed by atoms with van der Waals surface area (Å²) < 4.78 is 20.3. The highest BCUT2D eigenvalue weighted by molar-refractivity contribution is 7.83. The van der Waals surface area contributed by atoms with Crippen molar-refractivity contribution in [3.63, 3.8) is 0 Å². The molecule has 1 atom stereocenters. The van der Waals surface area contributed by atoms with Crippen LogP contribution in [0.15, 0.2) is 45.1 Å². The number of anilines is 1. The molecule has 2 aromatic rings. The number of amides is 1. The van der Waals surface area contributed by atoms with E-state index in [0.29, 0.717) is 49.8 Å². The van der Waals surface area contributed by atoms with Gasteiger partial charge in [0.15, 0.2) is 0 Å². The first kappa shape index (κ1) is 30.3. The molecule has 2 aliphatic rings. The van der Waals surface area contributed by atoms with Gasteiger partial charge in [0.2, 0.25) is 0 Å². The molecule has 0 radical (unpaired) electrons. The van der Waals surface area contributed by atoms with Gasteiger partial charge in [-0.2, -0.15) is 5.26 Å². The number of aromatic nitrogens is 1. The smallest absolute Gasteiger partial charge is 0.410 e. The molecule has 41 heavy (non-hydrogen) atoms. The molecule has 4 N–H and O–H groups in total. The molecule has 11 nitrogen and oxygen atoms in total. The van der Waals surface area contributed by atoms with Gasteiger partial charge in [-0.05, 0) is 69.4 Å². The zero-order valence-electron chi connectivity index (χ0n) is 24.3. The van der Waals surface area contributed by atoms with E-state index in [1.165, 1.54) is 6.20 Å². The highest BCUT2D eigenvalue weighted by atomic mass is 32.2. The molecule has 0 saturated carbocycles. The van der Waals surface area contributed by atoms with Crippen molar-refractivity contribution < 1.29 is 13.7 Å². The maximum atomic E-state index is 13.0. The number of ether oxygens (including phenoxy) is 1. The molecule has 0 bridgehead atoms. The van der Waals surface area contributed by atoms with Crippen LogP contribution >= 0.6 is 0 Å². The summed E-state index contributed by atoms with van der Waals surface area (Å²) in [6.07, 6.45) is 2.27. The number of aromatic amines is 1. The second kappa shape index (κ2) is 12.0. The Kier molecular flexibility index (Phi) is 8.89. The fraction of sp³-hybridized carbons (Fsp3) is 0.517. The third-order valence-corrected chi connectivity index (χ3v) is 8.56. The number of piperidine rings is 1. The van der Waals surface area contributed by atoms with Crippen molar-refractivity contribution in [2.45, 2.75) is 76.5 Å². The third kappa shape index (κ3) is 7.15. The quantitative estimate of drug-likeness (QED) is 0.329. The van der Waals surface area contributed by atoms with Crippen LogP contribution in [-0.4, -0.2) is 61.1 Å². The summed E-state index contributed by atoms with van der Waals surface area (Å²) in [6, 6.07) is 9.36. The summed E-state index contributed by atoms with van der Waals surface area (Å²) >= 11 is 0. The number of nitrogens with zero attached hydrogens (tertiary/aromatic N) is 4. The number of amidine groups is 1. The summed E-state index contributed by atoms with van der Waals surface area (Å²) in [4.78, 5) is 35.2. The lowest BCUT2D eigenvalue weighted by Gasteiger charge is -2.42. The molecule has 1 fully saturated rings. The lowest BCUT2D eigenvalue weighted by molar-refractivity contribution is 0.0179. The Morgan fingerprint density at radius 2 is 2.00 bits per heavy atom. The second-order valence-corrected chi connectivity index (χ2v) is 13.5. The molecule has 1 saturated heterocycles. The maximum absolute atomic E-state index is 13.0. The molecular formula is C29H39N7O4S. The van der Waals surface area contributed by atoms with Gasteiger partial charge >= 0.3 is 6.09 Å². The Balaban J connectivity index is 1.57. The predicted octanol–water partition coefficient (Wildman–Crippen LogP) is 4.00. The van der Waals surface area contributed by atoms with Crippen molar-refractivity contribution in [3.05, 3.63) is 51.9 Å². The van der Waals surface area contributed by atoms with E-state index in [9.17, 15) is 19.1 Å². The molecule has 1 aromatic heterocycles. The van der Waals surface area contributed by atoms with Crippen LogP contribution in [0.1, 0.15) is 65.0 Å². The van der Waals surface area contributed by atoms with E-state index in [0.717, 1.165) is 17.0 Å². The van der Waals surface area contributed by atoms with Crippen LogP contribution in [0.2, 0.25) is 0 Å². The minimum Gasteiger partial charge on any atom is -0.444 e. The van der Waals surface area contributed by atoms with E-state index >= 15 is 0 Å². The largest absolute Gasteiger partial charge is 0.444 e. The Labute approximate surface area is 243 Å². The van der Waals surface area contributed by atoms with E-state index in [1.807, 2.05) is 31.1 Å². The van der Waals surface area contributed by atoms with Gasteiger partial charge in [-0.1, -0.05) is 13.8 Å². The lowest BCUT2D eigenvalue weighted by Crippen LogP contribution is -2.52. The maximum Gasteiger partial charge on any atom is 0.410 e. The van der Waals surface area contributed by atoms with Crippen molar-refractivity contribution >= 4 is 34.3 Å². The standard InChI is InChI=1S/C29H39N7O4S/c1-19(2)17-36-18-20-16-21(6-7-23(20)41(36)39)33-25(31)24-22(8-13-32-26(24)37)34-29(9-12-30)10-14-35(15-11-29)27(38)40-28(3,4)5/h6-8,13,16,19H,9-11,14-15,17-18H2,1-5H3,(H2,31,33)(H2,32,34,37). The van der Waals surface area contributed by atoms with E-state index in [2.05, 4.69) is 35.2 Å². The fourth-order valence-electron chi connectivity index (χ4n) is 5.12. The molecule has 3 heterocycles. The molecule has 1 amide bonds. The number of carbonyl (C=O) groups excluding carboxylic acids is 1. The van der Waals surface area contributed by atoms with Crippen molar-refractivity contribution in [3.8, 4) is 6.07 Å². The number of nitriles is 1. The first-order valence-electron chi connectivity index (χ1n) is 13.8. The number of likely N-dealkylation sites (tertiary alicyclic amines) is 1. The number of aliphatic imine (C=N–C) groups is 1. The minimum atomic E-state index is -1.21. The molecule has 1 unspecified atom stereocenters. The van der Waals surface area contributed by atoms with Gasteiger partial charge in [0.1, 0.15) is 28.0 Å². The first-order valence-corrected chi connectivity index (χ1v) is 14.9. The van der Waals surface area contributed by atoms with Crippen molar-refractivity contribution in [1.29, 1.82) is 5.26 Å². The molecule has 0 aliphatic carbocycles. The van der Waals surface area contributed by atoms with Crippen molar-refractivity contribution in [2.24, 2.45) is 16.6 Å². The Morgan fingerprint density at radius 3 is 2.63 bits per heavy atom. The highest BCUT2D eigenvalue weighted by Gasteiger charge is 2.38. The normalized spacial score (nSPS) is 19.1. The summed E-state index contributed by atoms with van der Waals surface area (Å²) in [5, 5.41) is 13.1. The molecule has 0 spiro atoms. The molecule has 220 valence electrons. The topological polar surface area (TPSA) is 157 Å². The number of rotatable bonds is 7. The molecule has 2 aliphatic heterocycles. The molecule has 4 rings (SSSR count). The Hall–Kier alpha value is -3.69. The summed E-state index contributed by atoms with van der Waals surface area (Å²) in [7, 11) is -1.21. The minimum absolute atomic E-state index is 0.0192. The number of nitrogens with two attached hydrogens (primary N) is 1. The van der Waals surface area contributed by atoms with E-state index in [-0.39, 0.29) is 23.9 Å². The van der Waals surface area contributed by atoms with E-state index in [1.54, 1.807) is 23.1 Å². The van der Waals surface area contributed by atoms with Crippen LogP contribution in [0, 0.1) is 17.2 Å². The fourth-order valence-corrected chi connectivity index (χ4v) is 6.62. The zero-order valence-corrected chi connectivity index (χ0v) is 25.1. The van der Waals surface area contributed by atoms with Gasteiger partial charge in [0.25, 0.3) is 5.56 Å². The second-order valence-electron chi connectivity index (χ2n) is 12.1. The number of nitrogens with one attached hydrogen (secondary N) is 2. The molecular weight excluding hydrogens is 542 g/mol. The number of hydrogen-bond donors (Lipinski definition) is 3. The van der Waals surface area contributed by atoms with Gasteiger partial charge in [-0.3, -0.25) is 4.79 Å². The van der Waals surface area contributed by atoms with Crippen LogP contribution in [0.3, 0.4) is 0 Å². The van der Waals surface area contributed by atoms with Gasteiger partial charge in [-0.15, -0.1) is 0 Å². The van der Waals surface area contributed by atoms with Crippen molar-refractivity contribution in [1.82, 2.24) is 14.2 Å². The monoisotopic (exact) mass is 581 g/mol. The average molecular weight is 582 g/mol. The summed E-state index contributed by atoms with van der Waals surface area (Å²) in [6.45, 7) is 11.7. The molecule has 1 aromatic carbocycles. The number of hydrogen-bond acceptors (Lipinski definition) is 7. The molecule has 12 heteroatoms. The number of carbonyl (C=O) groups is 1. The highest BCUT2D eigenvalue weighted by Crippen LogP contribution is 2.33. The van der Waals surface area contributed by atoms with Gasteiger partial charge < -0.3 is 25.7 Å². The SMILES string of the molecule is CC(C)CN1Cc2cc(N=C(N)c3c(NC4(CC#N)CCN(C(=O)OC(C)(C)C)CC4)cc[nH]c3=O)ccc2S1=O. The number of fused-ring (bicyclic) bond motifs is 1. The zero-order chi connectivity index (χ0) is 29.9. The first-order chi connectivity index (χ1) is 19.3. The number of H-pyrrole nitrogens is 1. The van der Waals surface area contributed by atoms with E-state index < -0.39 is 27.7 Å². The van der Waals surface area contributed by atoms with Crippen LogP contribution < -0.4 is 16.6 Å². The summed E-state index contributed by atoms with van der Waals surface area (Å²) in [5.41, 5.74) is 6.83. The van der Waals surface area contributed by atoms with Crippen LogP contribution in [0.25, 0.3) is 0 Å². The third-order valence-electron chi connectivity index (χ3n) is 7.04. The lowest BCUT2D eigenvalue weighted by atomic mass is 9.84. The van der Waals surface area contributed by atoms with E-state index in [4.69, 9.17) is 10.5 Å². The Bertz CT molecular complexity index is 1450. The number of benzene rings is 1. The Morgan fingerprint density at radius 1 is 1.29 bits per heavy atom. The average Bonchev–Trinajstić information content (AvgIpc) is 3.17.